The van der Waals surface area contributed by atoms with E-state index < -0.39 is 0 Å². The third-order valence-electron chi connectivity index (χ3n) is 14.6. The summed E-state index contributed by atoms with van der Waals surface area (Å²) in [4.78, 5) is 5.52. The van der Waals surface area contributed by atoms with E-state index in [0.717, 1.165) is 27.6 Å². The molecule has 2 atom stereocenters. The van der Waals surface area contributed by atoms with Crippen LogP contribution in [0, 0.1) is 0 Å². The van der Waals surface area contributed by atoms with Gasteiger partial charge in [0.05, 0.1) is 11.4 Å². The van der Waals surface area contributed by atoms with Crippen LogP contribution in [0.5, 0.6) is 0 Å². The lowest BCUT2D eigenvalue weighted by Crippen LogP contribution is -2.70. The Bertz CT molecular complexity index is 2970. The van der Waals surface area contributed by atoms with E-state index in [-0.39, 0.29) is 23.2 Å². The fraction of sp³-hybridized carbons (Fsp3) is 0.231. The van der Waals surface area contributed by atoms with Crippen LogP contribution in [0.2, 0.25) is 0 Å². The van der Waals surface area contributed by atoms with Crippen molar-refractivity contribution in [2.75, 3.05) is 9.71 Å². The maximum Gasteiger partial charge on any atom is 0.329 e. The predicted molar refractivity (Wildman–Crippen MR) is 237 cm³/mol. The summed E-state index contributed by atoms with van der Waals surface area (Å²) in [5, 5.41) is 4.91. The molecule has 4 heteroatoms. The summed E-state index contributed by atoms with van der Waals surface area (Å²) in [6.07, 6.45) is 4.89. The van der Waals surface area contributed by atoms with Crippen LogP contribution < -0.4 is 20.6 Å². The molecule has 12 rings (SSSR count). The van der Waals surface area contributed by atoms with Crippen molar-refractivity contribution >= 4 is 73.2 Å². The van der Waals surface area contributed by atoms with Crippen molar-refractivity contribution in [3.8, 4) is 22.3 Å². The molecule has 8 aromatic rings. The van der Waals surface area contributed by atoms with Crippen molar-refractivity contribution in [2.24, 2.45) is 0 Å². The molecular formula is C52H45BN2O. The van der Waals surface area contributed by atoms with Gasteiger partial charge in [0.25, 0.3) is 0 Å². The van der Waals surface area contributed by atoms with E-state index >= 15 is 0 Å². The van der Waals surface area contributed by atoms with E-state index in [0.29, 0.717) is 0 Å². The van der Waals surface area contributed by atoms with Crippen molar-refractivity contribution in [3.05, 3.63) is 145 Å². The first-order valence-electron chi connectivity index (χ1n) is 20.6. The molecule has 3 nitrogen and oxygen atoms in total. The number of hydrogen-bond donors (Lipinski definition) is 0. The molecule has 1 saturated carbocycles. The van der Waals surface area contributed by atoms with Crippen LogP contribution in [0.15, 0.2) is 138 Å². The molecule has 0 spiro atoms. The lowest BCUT2D eigenvalue weighted by Gasteiger charge is -2.55. The van der Waals surface area contributed by atoms with Gasteiger partial charge in [0, 0.05) is 44.2 Å². The Morgan fingerprint density at radius 1 is 0.643 bits per heavy atom. The Balaban J connectivity index is 1.28. The molecule has 4 heterocycles. The summed E-state index contributed by atoms with van der Waals surface area (Å²) in [6, 6.07) is 50.4. The second-order valence-electron chi connectivity index (χ2n) is 18.4. The van der Waals surface area contributed by atoms with Gasteiger partial charge in [0.1, 0.15) is 5.58 Å². The SMILES string of the molecule is CC(C)(C)c1ccc(N2c3cc4ccccc4c4c3B(c3ccc5c(oc6ccccc65)c32)N2c3c-4cccc3C3(C)CCCCC23C)c(-c2ccccc2)c1. The van der Waals surface area contributed by atoms with Crippen LogP contribution in [-0.4, -0.2) is 12.4 Å². The highest BCUT2D eigenvalue weighted by molar-refractivity contribution is 6.93. The zero-order chi connectivity index (χ0) is 37.7. The highest BCUT2D eigenvalue weighted by atomic mass is 16.3. The number of rotatable bonds is 2. The minimum Gasteiger partial charge on any atom is -0.454 e. The lowest BCUT2D eigenvalue weighted by atomic mass is 9.42. The van der Waals surface area contributed by atoms with E-state index in [1.165, 1.54) is 97.8 Å². The van der Waals surface area contributed by atoms with Gasteiger partial charge >= 0.3 is 6.85 Å². The predicted octanol–water partition coefficient (Wildman–Crippen LogP) is 12.7. The molecule has 0 bridgehead atoms. The molecule has 0 amide bonds. The Kier molecular flexibility index (Phi) is 6.37. The molecule has 7 aromatic carbocycles. The summed E-state index contributed by atoms with van der Waals surface area (Å²) in [7, 11) is 0. The van der Waals surface area contributed by atoms with Gasteiger partial charge in [0.2, 0.25) is 0 Å². The van der Waals surface area contributed by atoms with Crippen LogP contribution in [0.3, 0.4) is 0 Å². The second kappa shape index (κ2) is 11.0. The molecule has 0 saturated heterocycles. The maximum atomic E-state index is 7.11. The van der Waals surface area contributed by atoms with E-state index in [4.69, 9.17) is 4.42 Å². The lowest BCUT2D eigenvalue weighted by molar-refractivity contribution is 0.199. The average Bonchev–Trinajstić information content (AvgIpc) is 3.70. The Morgan fingerprint density at radius 3 is 2.25 bits per heavy atom. The van der Waals surface area contributed by atoms with E-state index in [9.17, 15) is 0 Å². The quantitative estimate of drug-likeness (QED) is 0.166. The zero-order valence-corrected chi connectivity index (χ0v) is 32.9. The summed E-state index contributed by atoms with van der Waals surface area (Å²) in [5.41, 5.74) is 17.6. The van der Waals surface area contributed by atoms with Gasteiger partial charge in [-0.1, -0.05) is 150 Å². The minimum atomic E-state index is -0.0548. The van der Waals surface area contributed by atoms with Gasteiger partial charge in [-0.05, 0) is 93.4 Å². The van der Waals surface area contributed by atoms with Gasteiger partial charge < -0.3 is 14.1 Å². The highest BCUT2D eigenvalue weighted by Crippen LogP contribution is 2.63. The van der Waals surface area contributed by atoms with Gasteiger partial charge in [-0.15, -0.1) is 0 Å². The molecule has 2 unspecified atom stereocenters. The molecule has 1 fully saturated rings. The second-order valence-corrected chi connectivity index (χ2v) is 18.4. The number of benzene rings is 7. The van der Waals surface area contributed by atoms with Crippen LogP contribution in [-0.2, 0) is 10.8 Å². The largest absolute Gasteiger partial charge is 0.454 e. The molecule has 4 aliphatic rings. The first kappa shape index (κ1) is 32.5. The summed E-state index contributed by atoms with van der Waals surface area (Å²) >= 11 is 0. The monoisotopic (exact) mass is 724 g/mol. The number of hydrogen-bond acceptors (Lipinski definition) is 3. The first-order chi connectivity index (χ1) is 27.2. The number of nitrogens with zero attached hydrogens (tertiary/aromatic N) is 2. The van der Waals surface area contributed by atoms with Crippen LogP contribution in [0.25, 0.3) is 55.0 Å². The standard InChI is InChI=1S/C52H45BN2O/c1-50(2,3)34-24-27-42(39(31-34)32-16-7-6-8-17-32)54-43-30-33-18-9-10-19-35(33)45-38-21-15-22-40-47(38)55(52(5)29-14-13-28-51(40,52)4)53(46(43)45)41-26-25-37-36-20-11-12-23-44(36)56-49(37)48(41)54/h6-12,15-27,30-31H,13-14,28-29H2,1-5H3. The van der Waals surface area contributed by atoms with Gasteiger partial charge in [-0.2, -0.15) is 0 Å². The smallest absolute Gasteiger partial charge is 0.329 e. The fourth-order valence-electron chi connectivity index (χ4n) is 11.6. The molecule has 0 radical (unpaired) electrons. The number of furan rings is 1. The van der Waals surface area contributed by atoms with E-state index in [1.807, 2.05) is 0 Å². The van der Waals surface area contributed by atoms with E-state index in [2.05, 4.69) is 178 Å². The molecule has 1 aromatic heterocycles. The third-order valence-corrected chi connectivity index (χ3v) is 14.6. The normalized spacial score (nSPS) is 20.7. The summed E-state index contributed by atoms with van der Waals surface area (Å²) < 4.78 is 7.11. The van der Waals surface area contributed by atoms with E-state index in [1.54, 1.807) is 0 Å². The fourth-order valence-corrected chi connectivity index (χ4v) is 11.6. The number of para-hydroxylation sites is 2. The number of anilines is 4. The summed E-state index contributed by atoms with van der Waals surface area (Å²) in [5.74, 6) is 0. The van der Waals surface area contributed by atoms with Crippen molar-refractivity contribution < 1.29 is 4.42 Å². The zero-order valence-electron chi connectivity index (χ0n) is 32.9. The molecule has 272 valence electrons. The van der Waals surface area contributed by atoms with Crippen molar-refractivity contribution in [1.29, 1.82) is 0 Å². The van der Waals surface area contributed by atoms with Crippen molar-refractivity contribution in [3.63, 3.8) is 0 Å². The van der Waals surface area contributed by atoms with Crippen molar-refractivity contribution in [1.82, 2.24) is 0 Å². The summed E-state index contributed by atoms with van der Waals surface area (Å²) in [6.45, 7) is 12.1. The first-order valence-corrected chi connectivity index (χ1v) is 20.6. The topological polar surface area (TPSA) is 19.6 Å². The van der Waals surface area contributed by atoms with Crippen LogP contribution in [0.1, 0.15) is 71.4 Å². The van der Waals surface area contributed by atoms with Crippen LogP contribution >= 0.6 is 0 Å². The Labute approximate surface area is 329 Å². The van der Waals surface area contributed by atoms with Gasteiger partial charge in [-0.25, -0.2) is 0 Å². The Hall–Kier alpha value is -5.74. The highest BCUT2D eigenvalue weighted by Gasteiger charge is 2.63. The molecule has 0 N–H and O–H groups in total. The minimum absolute atomic E-state index is 0.0136. The molecule has 56 heavy (non-hydrogen) atoms. The van der Waals surface area contributed by atoms with Crippen molar-refractivity contribution in [2.45, 2.75) is 76.7 Å². The van der Waals surface area contributed by atoms with Crippen LogP contribution in [0.4, 0.5) is 22.7 Å². The van der Waals surface area contributed by atoms with Gasteiger partial charge in [-0.3, -0.25) is 0 Å². The molecule has 3 aliphatic heterocycles. The average molecular weight is 725 g/mol. The Morgan fingerprint density at radius 2 is 1.41 bits per heavy atom. The van der Waals surface area contributed by atoms with Gasteiger partial charge in [0.15, 0.2) is 5.58 Å². The maximum absolute atomic E-state index is 7.11. The number of fused-ring (bicyclic) bond motifs is 13. The molecule has 1 aliphatic carbocycles. The molecular weight excluding hydrogens is 679 g/mol. The third kappa shape index (κ3) is 4.00.